The van der Waals surface area contributed by atoms with E-state index in [4.69, 9.17) is 14.2 Å². The summed E-state index contributed by atoms with van der Waals surface area (Å²) in [5, 5.41) is 0. The van der Waals surface area contributed by atoms with E-state index in [0.29, 0.717) is 18.4 Å². The van der Waals surface area contributed by atoms with Crippen LogP contribution in [0.25, 0.3) is 0 Å². The first-order chi connectivity index (χ1) is 13.7. The van der Waals surface area contributed by atoms with E-state index in [-0.39, 0.29) is 12.3 Å². The molecule has 1 saturated heterocycles. The molecule has 0 amide bonds. The van der Waals surface area contributed by atoms with Crippen LogP contribution in [0.3, 0.4) is 0 Å². The number of hydrogen-bond acceptors (Lipinski definition) is 7. The monoisotopic (exact) mass is 402 g/mol. The Morgan fingerprint density at radius 3 is 2.45 bits per heavy atom. The Kier molecular flexibility index (Phi) is 4.57. The van der Waals surface area contributed by atoms with E-state index in [0.717, 1.165) is 11.1 Å². The second kappa shape index (κ2) is 6.62. The highest BCUT2D eigenvalue weighted by atomic mass is 16.6. The molecular weight excluding hydrogens is 376 g/mol. The molecule has 3 aliphatic carbocycles. The van der Waals surface area contributed by atoms with Crippen LogP contribution in [0.15, 0.2) is 23.3 Å². The van der Waals surface area contributed by atoms with E-state index < -0.39 is 58.9 Å². The molecule has 0 unspecified atom stereocenters. The van der Waals surface area contributed by atoms with E-state index in [1.54, 1.807) is 0 Å². The first kappa shape index (κ1) is 20.0. The molecule has 7 nitrogen and oxygen atoms in total. The average molecular weight is 402 g/mol. The fourth-order valence-electron chi connectivity index (χ4n) is 6.20. The number of esters is 2. The fraction of sp³-hybridized carbons (Fsp3) is 0.636. The van der Waals surface area contributed by atoms with E-state index >= 15 is 0 Å². The molecule has 1 aliphatic heterocycles. The molecule has 2 saturated carbocycles. The molecule has 3 fully saturated rings. The van der Waals surface area contributed by atoms with Crippen LogP contribution in [0.1, 0.15) is 33.1 Å². The van der Waals surface area contributed by atoms with Gasteiger partial charge in [0.05, 0.1) is 13.0 Å². The van der Waals surface area contributed by atoms with Gasteiger partial charge in [-0.15, -0.1) is 0 Å². The zero-order valence-corrected chi connectivity index (χ0v) is 17.2. The third-order valence-electron chi connectivity index (χ3n) is 7.45. The van der Waals surface area contributed by atoms with Crippen molar-refractivity contribution < 1.29 is 33.4 Å². The topological polar surface area (TPSA) is 96.0 Å². The molecular formula is C22H26O7. The van der Waals surface area contributed by atoms with E-state index in [2.05, 4.69) is 6.58 Å². The molecule has 0 bridgehead atoms. The largest absolute Gasteiger partial charge is 0.468 e. The molecule has 0 aromatic heterocycles. The fourth-order valence-corrected chi connectivity index (χ4v) is 6.20. The van der Waals surface area contributed by atoms with Gasteiger partial charge in [-0.1, -0.05) is 17.7 Å². The molecule has 4 rings (SSSR count). The summed E-state index contributed by atoms with van der Waals surface area (Å²) in [5.41, 5.74) is 0.257. The summed E-state index contributed by atoms with van der Waals surface area (Å²) in [7, 11) is 2.51. The minimum absolute atomic E-state index is 0.0575. The predicted octanol–water partition coefficient (Wildman–Crippen LogP) is 1.79. The van der Waals surface area contributed by atoms with Gasteiger partial charge < -0.3 is 14.2 Å². The van der Waals surface area contributed by atoms with Crippen molar-refractivity contribution in [1.29, 1.82) is 0 Å². The Morgan fingerprint density at radius 1 is 1.17 bits per heavy atom. The lowest BCUT2D eigenvalue weighted by molar-refractivity contribution is -0.183. The van der Waals surface area contributed by atoms with Crippen molar-refractivity contribution in [3.63, 3.8) is 0 Å². The van der Waals surface area contributed by atoms with Crippen molar-refractivity contribution in [3.05, 3.63) is 23.3 Å². The van der Waals surface area contributed by atoms with Crippen LogP contribution in [-0.4, -0.2) is 49.9 Å². The van der Waals surface area contributed by atoms with E-state index in [1.165, 1.54) is 14.2 Å². The van der Waals surface area contributed by atoms with Crippen molar-refractivity contribution in [2.45, 2.75) is 45.3 Å². The Morgan fingerprint density at radius 2 is 1.86 bits per heavy atom. The van der Waals surface area contributed by atoms with Crippen molar-refractivity contribution in [2.75, 3.05) is 14.2 Å². The first-order valence-electron chi connectivity index (χ1n) is 9.94. The summed E-state index contributed by atoms with van der Waals surface area (Å²) < 4.78 is 16.2. The number of methoxy groups -OCH3 is 2. The predicted molar refractivity (Wildman–Crippen MR) is 100 cm³/mol. The number of Topliss-reactive ketones (excluding diaryl/α,β-unsaturated/α-hetero) is 2. The number of carbonyl (C=O) groups is 4. The van der Waals surface area contributed by atoms with Crippen LogP contribution in [0.2, 0.25) is 0 Å². The number of allylic oxidation sites excluding steroid dienone is 1. The molecule has 29 heavy (non-hydrogen) atoms. The Labute approximate surface area is 169 Å². The third kappa shape index (κ3) is 2.40. The first-order valence-corrected chi connectivity index (χ1v) is 9.94. The van der Waals surface area contributed by atoms with Crippen molar-refractivity contribution in [3.8, 4) is 0 Å². The van der Waals surface area contributed by atoms with Crippen LogP contribution in [0.4, 0.5) is 0 Å². The number of carbonyl (C=O) groups excluding carboxylic acids is 4. The Balaban J connectivity index is 2.01. The SMILES string of the molecule is C=C(C)[C@H]1CC(=O)[C@]2(C(=O)OC)[C@@H](OC)C(=O)C3=C(C)C[C@@H]4OC(=O)[C@H]([C@H]34)[C@@H]2C1. The van der Waals surface area contributed by atoms with Gasteiger partial charge in [0.25, 0.3) is 0 Å². The number of rotatable bonds is 3. The molecule has 0 radical (unpaired) electrons. The maximum Gasteiger partial charge on any atom is 0.322 e. The number of fused-ring (bicyclic) bond motifs is 2. The summed E-state index contributed by atoms with van der Waals surface area (Å²) in [6.45, 7) is 7.65. The lowest BCUT2D eigenvalue weighted by atomic mass is 9.55. The molecule has 4 aliphatic rings. The third-order valence-corrected chi connectivity index (χ3v) is 7.45. The smallest absolute Gasteiger partial charge is 0.322 e. The second-order valence-electron chi connectivity index (χ2n) is 8.78. The van der Waals surface area contributed by atoms with Crippen LogP contribution in [0, 0.1) is 29.1 Å². The number of ether oxygens (including phenoxy) is 3. The van der Waals surface area contributed by atoms with Crippen LogP contribution >= 0.6 is 0 Å². The zero-order valence-electron chi connectivity index (χ0n) is 17.2. The van der Waals surface area contributed by atoms with Gasteiger partial charge in [0.2, 0.25) is 0 Å². The quantitative estimate of drug-likeness (QED) is 0.403. The summed E-state index contributed by atoms with van der Waals surface area (Å²) in [4.78, 5) is 53.3. The van der Waals surface area contributed by atoms with Crippen molar-refractivity contribution >= 4 is 23.5 Å². The highest BCUT2D eigenvalue weighted by Crippen LogP contribution is 2.60. The molecule has 0 spiro atoms. The number of hydrogen-bond donors (Lipinski definition) is 0. The maximum atomic E-state index is 13.6. The van der Waals surface area contributed by atoms with Crippen LogP contribution < -0.4 is 0 Å². The standard InChI is InChI=1S/C22H26O7/c1-9(2)11-7-12-16-17-13(29-20(16)25)6-10(3)15(17)18(24)19(27-4)22(12,14(23)8-11)21(26)28-5/h11-13,16-17,19H,1,6-8H2,2-5H3/t11-,12+,13+,16+,17+,19+,22+/m1/s1. The van der Waals surface area contributed by atoms with E-state index in [9.17, 15) is 19.2 Å². The summed E-state index contributed by atoms with van der Waals surface area (Å²) in [6, 6.07) is 0. The molecule has 156 valence electrons. The molecule has 7 atom stereocenters. The summed E-state index contributed by atoms with van der Waals surface area (Å²) in [5.74, 6) is -4.26. The Bertz CT molecular complexity index is 868. The zero-order chi connectivity index (χ0) is 21.2. The van der Waals surface area contributed by atoms with Gasteiger partial charge in [-0.3, -0.25) is 19.2 Å². The second-order valence-corrected chi connectivity index (χ2v) is 8.78. The maximum absolute atomic E-state index is 13.6. The van der Waals surface area contributed by atoms with Gasteiger partial charge in [0, 0.05) is 31.4 Å². The highest BCUT2D eigenvalue weighted by Gasteiger charge is 2.72. The van der Waals surface area contributed by atoms with Gasteiger partial charge in [-0.2, -0.15) is 0 Å². The van der Waals surface area contributed by atoms with Crippen LogP contribution in [0.5, 0.6) is 0 Å². The average Bonchev–Trinajstić information content (AvgIpc) is 3.10. The molecule has 0 aromatic rings. The highest BCUT2D eigenvalue weighted by molar-refractivity contribution is 6.15. The molecule has 1 heterocycles. The normalized spacial score (nSPS) is 40.9. The van der Waals surface area contributed by atoms with Gasteiger partial charge >= 0.3 is 11.9 Å². The lowest BCUT2D eigenvalue weighted by Crippen LogP contribution is -2.61. The van der Waals surface area contributed by atoms with Gasteiger partial charge in [-0.25, -0.2) is 0 Å². The minimum Gasteiger partial charge on any atom is -0.468 e. The van der Waals surface area contributed by atoms with Gasteiger partial charge in [0.15, 0.2) is 17.0 Å². The van der Waals surface area contributed by atoms with Gasteiger partial charge in [-0.05, 0) is 32.1 Å². The Hall–Kier alpha value is -2.28. The summed E-state index contributed by atoms with van der Waals surface area (Å²) >= 11 is 0. The van der Waals surface area contributed by atoms with Crippen molar-refractivity contribution in [2.24, 2.45) is 29.1 Å². The number of ketones is 2. The van der Waals surface area contributed by atoms with Crippen LogP contribution in [-0.2, 0) is 33.4 Å². The van der Waals surface area contributed by atoms with Gasteiger partial charge in [0.1, 0.15) is 12.2 Å². The molecule has 0 aromatic carbocycles. The van der Waals surface area contributed by atoms with E-state index in [1.807, 2.05) is 13.8 Å². The minimum atomic E-state index is -1.86. The molecule has 0 N–H and O–H groups in total. The van der Waals surface area contributed by atoms with Crippen molar-refractivity contribution in [1.82, 2.24) is 0 Å². The molecule has 7 heteroatoms. The lowest BCUT2D eigenvalue weighted by Gasteiger charge is -2.46. The summed E-state index contributed by atoms with van der Waals surface area (Å²) in [6.07, 6.45) is -0.834.